The van der Waals surface area contributed by atoms with Crippen molar-refractivity contribution < 1.29 is 4.74 Å². The van der Waals surface area contributed by atoms with Crippen LogP contribution in [0.25, 0.3) is 0 Å². The second-order valence-electron chi connectivity index (χ2n) is 5.30. The van der Waals surface area contributed by atoms with Crippen molar-refractivity contribution in [3.63, 3.8) is 0 Å². The third-order valence-corrected chi connectivity index (χ3v) is 3.81. The summed E-state index contributed by atoms with van der Waals surface area (Å²) in [7, 11) is 0. The molecule has 0 radical (unpaired) electrons. The molecule has 1 aliphatic rings. The summed E-state index contributed by atoms with van der Waals surface area (Å²) < 4.78 is 5.48. The smallest absolute Gasteiger partial charge is 0.119 e. The number of nitrogens with two attached hydrogens (primary N) is 1. The Labute approximate surface area is 125 Å². The van der Waals surface area contributed by atoms with Gasteiger partial charge in [0.1, 0.15) is 5.75 Å². The number of ether oxygens (including phenoxy) is 1. The maximum absolute atomic E-state index is 5.86. The molecule has 0 aliphatic carbocycles. The molecule has 2 unspecified atom stereocenters. The molecule has 4 nitrogen and oxygen atoms in total. The summed E-state index contributed by atoms with van der Waals surface area (Å²) >= 11 is 0. The van der Waals surface area contributed by atoms with Gasteiger partial charge < -0.3 is 10.5 Å². The molecule has 1 aliphatic heterocycles. The van der Waals surface area contributed by atoms with Crippen LogP contribution in [0.15, 0.2) is 48.5 Å². The molecule has 4 heteroatoms. The van der Waals surface area contributed by atoms with Gasteiger partial charge >= 0.3 is 0 Å². The Morgan fingerprint density at radius 1 is 1.05 bits per heavy atom. The summed E-state index contributed by atoms with van der Waals surface area (Å²) in [5.41, 5.74) is 15.9. The van der Waals surface area contributed by atoms with Crippen LogP contribution in [-0.4, -0.2) is 6.61 Å². The average molecular weight is 283 g/mol. The molecule has 3 rings (SSSR count). The summed E-state index contributed by atoms with van der Waals surface area (Å²) in [5, 5.41) is 0. The van der Waals surface area contributed by atoms with E-state index in [-0.39, 0.29) is 6.04 Å². The molecule has 0 bridgehead atoms. The van der Waals surface area contributed by atoms with Crippen molar-refractivity contribution in [3.8, 4) is 5.75 Å². The number of hydrazine groups is 1. The molecule has 0 amide bonds. The summed E-state index contributed by atoms with van der Waals surface area (Å²) in [4.78, 5) is 0. The van der Waals surface area contributed by atoms with E-state index in [9.17, 15) is 0 Å². The van der Waals surface area contributed by atoms with Crippen molar-refractivity contribution in [2.45, 2.75) is 25.4 Å². The Morgan fingerprint density at radius 2 is 1.76 bits per heavy atom. The molecule has 21 heavy (non-hydrogen) atoms. The maximum atomic E-state index is 5.86. The van der Waals surface area contributed by atoms with E-state index in [0.717, 1.165) is 17.9 Å². The standard InChI is InChI=1S/C17H21N3O/c1-2-21-15-8-6-12(7-9-15)16-11-17(20-19-16)13-4-3-5-14(18)10-13/h3-10,16-17,19-20H,2,11,18H2,1H3. The van der Waals surface area contributed by atoms with Gasteiger partial charge in [-0.25, -0.2) is 10.9 Å². The third-order valence-electron chi connectivity index (χ3n) is 3.81. The first-order chi connectivity index (χ1) is 10.3. The lowest BCUT2D eigenvalue weighted by molar-refractivity contribution is 0.340. The highest BCUT2D eigenvalue weighted by Gasteiger charge is 2.26. The zero-order valence-corrected chi connectivity index (χ0v) is 12.2. The highest BCUT2D eigenvalue weighted by molar-refractivity contribution is 5.42. The molecule has 2 aromatic rings. The molecule has 110 valence electrons. The second kappa shape index (κ2) is 6.16. The Balaban J connectivity index is 1.69. The SMILES string of the molecule is CCOc1ccc(C2CC(c3cccc(N)c3)NN2)cc1. The van der Waals surface area contributed by atoms with Crippen LogP contribution < -0.4 is 21.3 Å². The van der Waals surface area contributed by atoms with Gasteiger partial charge in [0, 0.05) is 17.8 Å². The lowest BCUT2D eigenvalue weighted by Crippen LogP contribution is -2.26. The monoisotopic (exact) mass is 283 g/mol. The van der Waals surface area contributed by atoms with Gasteiger partial charge in [0.05, 0.1) is 6.61 Å². The molecule has 1 heterocycles. The van der Waals surface area contributed by atoms with E-state index in [4.69, 9.17) is 10.5 Å². The van der Waals surface area contributed by atoms with Gasteiger partial charge in [-0.3, -0.25) is 0 Å². The van der Waals surface area contributed by atoms with Crippen LogP contribution in [0.5, 0.6) is 5.75 Å². The number of benzene rings is 2. The van der Waals surface area contributed by atoms with Crippen LogP contribution in [-0.2, 0) is 0 Å². The lowest BCUT2D eigenvalue weighted by Gasteiger charge is -2.11. The van der Waals surface area contributed by atoms with Crippen LogP contribution >= 0.6 is 0 Å². The molecule has 1 saturated heterocycles. The topological polar surface area (TPSA) is 59.3 Å². The third kappa shape index (κ3) is 3.17. The van der Waals surface area contributed by atoms with Gasteiger partial charge in [-0.1, -0.05) is 24.3 Å². The number of anilines is 1. The van der Waals surface area contributed by atoms with Crippen LogP contribution in [0.4, 0.5) is 5.69 Å². The fourth-order valence-corrected chi connectivity index (χ4v) is 2.73. The molecular weight excluding hydrogens is 262 g/mol. The van der Waals surface area contributed by atoms with Gasteiger partial charge in [0.15, 0.2) is 0 Å². The van der Waals surface area contributed by atoms with Crippen LogP contribution in [0.3, 0.4) is 0 Å². The molecule has 4 N–H and O–H groups in total. The van der Waals surface area contributed by atoms with E-state index in [0.29, 0.717) is 12.6 Å². The van der Waals surface area contributed by atoms with E-state index in [1.807, 2.05) is 37.3 Å². The zero-order valence-electron chi connectivity index (χ0n) is 12.2. The van der Waals surface area contributed by atoms with Crippen molar-refractivity contribution in [1.82, 2.24) is 10.9 Å². The number of hydrogen-bond acceptors (Lipinski definition) is 4. The minimum atomic E-state index is 0.282. The second-order valence-corrected chi connectivity index (χ2v) is 5.30. The van der Waals surface area contributed by atoms with Gasteiger partial charge in [-0.2, -0.15) is 0 Å². The molecule has 2 atom stereocenters. The minimum Gasteiger partial charge on any atom is -0.494 e. The molecular formula is C17H21N3O. The van der Waals surface area contributed by atoms with Gasteiger partial charge in [-0.15, -0.1) is 0 Å². The normalized spacial score (nSPS) is 21.4. The van der Waals surface area contributed by atoms with Crippen molar-refractivity contribution >= 4 is 5.69 Å². The first-order valence-corrected chi connectivity index (χ1v) is 7.35. The summed E-state index contributed by atoms with van der Waals surface area (Å²) in [5.74, 6) is 0.916. The van der Waals surface area contributed by atoms with Crippen LogP contribution in [0.2, 0.25) is 0 Å². The first-order valence-electron chi connectivity index (χ1n) is 7.35. The van der Waals surface area contributed by atoms with E-state index >= 15 is 0 Å². The summed E-state index contributed by atoms with van der Waals surface area (Å²) in [6, 6.07) is 16.9. The Hall–Kier alpha value is -2.04. The van der Waals surface area contributed by atoms with Crippen LogP contribution in [0.1, 0.15) is 36.6 Å². The predicted octanol–water partition coefficient (Wildman–Crippen LogP) is 2.95. The van der Waals surface area contributed by atoms with E-state index in [2.05, 4.69) is 29.1 Å². The molecule has 0 aromatic heterocycles. The maximum Gasteiger partial charge on any atom is 0.119 e. The predicted molar refractivity (Wildman–Crippen MR) is 84.8 cm³/mol. The van der Waals surface area contributed by atoms with Crippen LogP contribution in [0, 0.1) is 0 Å². The Bertz CT molecular complexity index is 597. The fraction of sp³-hybridized carbons (Fsp3) is 0.294. The average Bonchev–Trinajstić information content (AvgIpc) is 2.98. The van der Waals surface area contributed by atoms with Gasteiger partial charge in [0.2, 0.25) is 0 Å². The number of nitrogens with one attached hydrogen (secondary N) is 2. The zero-order chi connectivity index (χ0) is 14.7. The number of rotatable bonds is 4. The highest BCUT2D eigenvalue weighted by Crippen LogP contribution is 2.31. The molecule has 0 spiro atoms. The van der Waals surface area contributed by atoms with Crippen molar-refractivity contribution in [2.75, 3.05) is 12.3 Å². The van der Waals surface area contributed by atoms with Crippen molar-refractivity contribution in [1.29, 1.82) is 0 Å². The molecule has 0 saturated carbocycles. The minimum absolute atomic E-state index is 0.282. The summed E-state index contributed by atoms with van der Waals surface area (Å²) in [6.07, 6.45) is 0.997. The lowest BCUT2D eigenvalue weighted by atomic mass is 9.97. The largest absolute Gasteiger partial charge is 0.494 e. The number of nitrogen functional groups attached to an aromatic ring is 1. The van der Waals surface area contributed by atoms with E-state index < -0.39 is 0 Å². The summed E-state index contributed by atoms with van der Waals surface area (Å²) in [6.45, 7) is 2.69. The Morgan fingerprint density at radius 3 is 2.43 bits per heavy atom. The Kier molecular flexibility index (Phi) is 4.08. The van der Waals surface area contributed by atoms with E-state index in [1.165, 1.54) is 11.1 Å². The van der Waals surface area contributed by atoms with Crippen molar-refractivity contribution in [3.05, 3.63) is 59.7 Å². The van der Waals surface area contributed by atoms with E-state index in [1.54, 1.807) is 0 Å². The fourth-order valence-electron chi connectivity index (χ4n) is 2.73. The quantitative estimate of drug-likeness (QED) is 0.755. The molecule has 2 aromatic carbocycles. The highest BCUT2D eigenvalue weighted by atomic mass is 16.5. The molecule has 1 fully saturated rings. The first kappa shape index (κ1) is 13.9. The van der Waals surface area contributed by atoms with Gasteiger partial charge in [0.25, 0.3) is 0 Å². The van der Waals surface area contributed by atoms with Gasteiger partial charge in [-0.05, 0) is 48.7 Å². The number of hydrogen-bond donors (Lipinski definition) is 3. The van der Waals surface area contributed by atoms with Crippen molar-refractivity contribution in [2.24, 2.45) is 0 Å².